The lowest BCUT2D eigenvalue weighted by molar-refractivity contribution is -0.260. The van der Waals surface area contributed by atoms with Gasteiger partial charge in [-0.15, -0.1) is 0 Å². The monoisotopic (exact) mass is 394 g/mol. The van der Waals surface area contributed by atoms with Gasteiger partial charge < -0.3 is 24.8 Å². The molecule has 1 spiro atoms. The standard InChI is InChI=1S/C22H34O6/c1-11(24)27-16-8-12-19(2,3)14(25)5-6-20(12,4)13-7-15(26)21(10-23)9-22(13,16)18-17(21)28-18/h12-18,23,25-26H,5-10H2,1-4H3/t12?,13?,14-,15-,16+,17?,18?,20-,21+,22+/m1/s1. The minimum atomic E-state index is -0.632. The van der Waals surface area contributed by atoms with Gasteiger partial charge in [-0.05, 0) is 54.8 Å². The zero-order valence-corrected chi connectivity index (χ0v) is 17.4. The van der Waals surface area contributed by atoms with Crippen LogP contribution in [0.2, 0.25) is 0 Å². The molecule has 4 saturated carbocycles. The molecule has 0 aromatic carbocycles. The van der Waals surface area contributed by atoms with Crippen LogP contribution < -0.4 is 0 Å². The second kappa shape index (κ2) is 5.51. The molecule has 0 aromatic rings. The summed E-state index contributed by atoms with van der Waals surface area (Å²) < 4.78 is 12.1. The molecule has 1 saturated heterocycles. The second-order valence-corrected chi connectivity index (χ2v) is 11.2. The molecule has 10 atom stereocenters. The summed E-state index contributed by atoms with van der Waals surface area (Å²) in [5, 5.41) is 32.1. The Morgan fingerprint density at radius 1 is 1.11 bits per heavy atom. The van der Waals surface area contributed by atoms with Crippen molar-refractivity contribution in [3.05, 3.63) is 0 Å². The number of aliphatic hydroxyl groups excluding tert-OH is 3. The first-order chi connectivity index (χ1) is 13.0. The van der Waals surface area contributed by atoms with E-state index in [2.05, 4.69) is 20.8 Å². The third-order valence-corrected chi connectivity index (χ3v) is 9.95. The molecule has 0 radical (unpaired) electrons. The zero-order valence-electron chi connectivity index (χ0n) is 17.4. The third-order valence-electron chi connectivity index (χ3n) is 9.95. The van der Waals surface area contributed by atoms with Gasteiger partial charge in [0.25, 0.3) is 0 Å². The minimum absolute atomic E-state index is 0.0566. The Bertz CT molecular complexity index is 707. The lowest BCUT2D eigenvalue weighted by atomic mass is 9.39. The lowest BCUT2D eigenvalue weighted by Crippen LogP contribution is -2.67. The Hall–Kier alpha value is -0.690. The highest BCUT2D eigenvalue weighted by Gasteiger charge is 2.83. The summed E-state index contributed by atoms with van der Waals surface area (Å²) in [6.07, 6.45) is 2.13. The fourth-order valence-corrected chi connectivity index (χ4v) is 8.55. The fourth-order valence-electron chi connectivity index (χ4n) is 8.55. The van der Waals surface area contributed by atoms with E-state index in [0.29, 0.717) is 19.3 Å². The SMILES string of the molecule is CC(=O)O[C@H]1CC2C(C)(C)[C@H](O)CC[C@@]2(C)C2C[C@@H](O)[C@@]3(CO)C[C@]21C1OC13. The molecule has 0 aromatic heterocycles. The number of carbonyl (C=O) groups excluding carboxylic acids is 1. The molecule has 5 fully saturated rings. The maximum absolute atomic E-state index is 12.0. The van der Waals surface area contributed by atoms with E-state index in [0.717, 1.165) is 12.8 Å². The van der Waals surface area contributed by atoms with Crippen molar-refractivity contribution in [2.24, 2.45) is 33.5 Å². The first-order valence-electron chi connectivity index (χ1n) is 10.8. The van der Waals surface area contributed by atoms with E-state index in [4.69, 9.17) is 9.47 Å². The van der Waals surface area contributed by atoms with Crippen molar-refractivity contribution in [2.45, 2.75) is 90.3 Å². The van der Waals surface area contributed by atoms with Crippen LogP contribution in [0.25, 0.3) is 0 Å². The molecule has 28 heavy (non-hydrogen) atoms. The Labute approximate surface area is 166 Å². The van der Waals surface area contributed by atoms with Gasteiger partial charge in [-0.1, -0.05) is 20.8 Å². The van der Waals surface area contributed by atoms with Gasteiger partial charge in [-0.25, -0.2) is 0 Å². The summed E-state index contributed by atoms with van der Waals surface area (Å²) in [6, 6.07) is 0. The molecule has 6 heteroatoms. The average Bonchev–Trinajstić information content (AvgIpc) is 3.38. The van der Waals surface area contributed by atoms with Crippen LogP contribution in [0.4, 0.5) is 0 Å². The highest BCUT2D eigenvalue weighted by atomic mass is 16.6. The quantitative estimate of drug-likeness (QED) is 0.486. The molecule has 0 amide bonds. The van der Waals surface area contributed by atoms with E-state index in [9.17, 15) is 20.1 Å². The molecule has 5 aliphatic rings. The number of carbonyl (C=O) groups is 1. The predicted octanol–water partition coefficient (Wildman–Crippen LogP) is 1.64. The number of epoxide rings is 1. The smallest absolute Gasteiger partial charge is 0.302 e. The molecule has 1 heterocycles. The van der Waals surface area contributed by atoms with E-state index in [-0.39, 0.29) is 65.1 Å². The number of hydrogen-bond acceptors (Lipinski definition) is 6. The first-order valence-corrected chi connectivity index (χ1v) is 10.8. The van der Waals surface area contributed by atoms with E-state index in [1.54, 1.807) is 0 Å². The van der Waals surface area contributed by atoms with Gasteiger partial charge in [0.2, 0.25) is 0 Å². The van der Waals surface area contributed by atoms with Crippen molar-refractivity contribution in [2.75, 3.05) is 6.61 Å². The van der Waals surface area contributed by atoms with Gasteiger partial charge in [0.05, 0.1) is 31.0 Å². The summed E-state index contributed by atoms with van der Waals surface area (Å²) in [5.41, 5.74) is -1.33. The molecule has 1 aliphatic heterocycles. The number of fused-ring (bicyclic) bond motifs is 5. The molecule has 4 unspecified atom stereocenters. The minimum Gasteiger partial charge on any atom is -0.462 e. The van der Waals surface area contributed by atoms with Crippen molar-refractivity contribution < 1.29 is 29.6 Å². The van der Waals surface area contributed by atoms with Gasteiger partial charge in [0, 0.05) is 17.8 Å². The van der Waals surface area contributed by atoms with Crippen molar-refractivity contribution in [1.82, 2.24) is 0 Å². The van der Waals surface area contributed by atoms with Crippen molar-refractivity contribution in [3.8, 4) is 0 Å². The lowest BCUT2D eigenvalue weighted by Gasteiger charge is -2.67. The first kappa shape index (κ1) is 19.3. The van der Waals surface area contributed by atoms with Crippen molar-refractivity contribution >= 4 is 5.97 Å². The summed E-state index contributed by atoms with van der Waals surface area (Å²) >= 11 is 0. The van der Waals surface area contributed by atoms with Crippen LogP contribution in [0.1, 0.15) is 59.8 Å². The summed E-state index contributed by atoms with van der Waals surface area (Å²) in [5.74, 6) is 0.0399. The highest BCUT2D eigenvalue weighted by Crippen LogP contribution is 2.78. The highest BCUT2D eigenvalue weighted by molar-refractivity contribution is 5.66. The maximum Gasteiger partial charge on any atom is 0.302 e. The molecule has 4 aliphatic carbocycles. The van der Waals surface area contributed by atoms with E-state index < -0.39 is 11.5 Å². The molecular formula is C22H34O6. The Morgan fingerprint density at radius 3 is 2.46 bits per heavy atom. The fraction of sp³-hybridized carbons (Fsp3) is 0.955. The van der Waals surface area contributed by atoms with Crippen LogP contribution in [-0.4, -0.2) is 58.4 Å². The summed E-state index contributed by atoms with van der Waals surface area (Å²) in [6.45, 7) is 7.93. The average molecular weight is 395 g/mol. The number of ether oxygens (including phenoxy) is 2. The van der Waals surface area contributed by atoms with Gasteiger partial charge in [-0.2, -0.15) is 0 Å². The molecular weight excluding hydrogens is 360 g/mol. The van der Waals surface area contributed by atoms with Gasteiger partial charge in [-0.3, -0.25) is 4.79 Å². The van der Waals surface area contributed by atoms with Gasteiger partial charge >= 0.3 is 5.97 Å². The van der Waals surface area contributed by atoms with Crippen LogP contribution in [0.15, 0.2) is 0 Å². The van der Waals surface area contributed by atoms with Crippen LogP contribution in [-0.2, 0) is 14.3 Å². The van der Waals surface area contributed by atoms with Gasteiger partial charge in [0.15, 0.2) is 0 Å². The Morgan fingerprint density at radius 2 is 1.82 bits per heavy atom. The van der Waals surface area contributed by atoms with Gasteiger partial charge in [0.1, 0.15) is 6.10 Å². The molecule has 6 nitrogen and oxygen atoms in total. The number of esters is 1. The van der Waals surface area contributed by atoms with Crippen LogP contribution in [0.5, 0.6) is 0 Å². The van der Waals surface area contributed by atoms with E-state index in [1.165, 1.54) is 6.92 Å². The summed E-state index contributed by atoms with van der Waals surface area (Å²) in [7, 11) is 0. The van der Waals surface area contributed by atoms with Crippen LogP contribution in [0, 0.1) is 33.5 Å². The Kier molecular flexibility index (Phi) is 3.79. The van der Waals surface area contributed by atoms with Crippen LogP contribution in [0.3, 0.4) is 0 Å². The topological polar surface area (TPSA) is 99.5 Å². The van der Waals surface area contributed by atoms with Crippen molar-refractivity contribution in [1.29, 1.82) is 0 Å². The maximum atomic E-state index is 12.0. The van der Waals surface area contributed by atoms with Crippen molar-refractivity contribution in [3.63, 3.8) is 0 Å². The number of rotatable bonds is 2. The largest absolute Gasteiger partial charge is 0.462 e. The van der Waals surface area contributed by atoms with E-state index in [1.807, 2.05) is 0 Å². The Balaban J connectivity index is 1.65. The second-order valence-electron chi connectivity index (χ2n) is 11.2. The molecule has 2 bridgehead atoms. The van der Waals surface area contributed by atoms with Crippen LogP contribution >= 0.6 is 0 Å². The molecule has 3 N–H and O–H groups in total. The predicted molar refractivity (Wildman–Crippen MR) is 100 cm³/mol. The number of hydrogen-bond donors (Lipinski definition) is 3. The van der Waals surface area contributed by atoms with E-state index >= 15 is 0 Å². The molecule has 158 valence electrons. The summed E-state index contributed by atoms with van der Waals surface area (Å²) in [4.78, 5) is 12.0. The number of aliphatic hydroxyl groups is 3. The zero-order chi connectivity index (χ0) is 20.3. The normalized spacial score (nSPS) is 58.3. The third kappa shape index (κ3) is 2.01. The molecule has 5 rings (SSSR count).